The van der Waals surface area contributed by atoms with Gasteiger partial charge in [-0.15, -0.1) is 0 Å². The van der Waals surface area contributed by atoms with Crippen molar-refractivity contribution in [1.29, 1.82) is 0 Å². The third-order valence-corrected chi connectivity index (χ3v) is 16.7. The van der Waals surface area contributed by atoms with Gasteiger partial charge in [-0.05, 0) is 77.0 Å². The molecule has 0 radical (unpaired) electrons. The number of nitrogens with one attached hydrogen (secondary N) is 1. The van der Waals surface area contributed by atoms with Crippen LogP contribution in [0.4, 0.5) is 0 Å². The molecule has 0 spiro atoms. The molecule has 3 N–H and O–H groups in total. The number of aliphatic hydroxyl groups is 2. The Balaban J connectivity index is 3.31. The third kappa shape index (κ3) is 63.5. The normalized spacial score (nSPS) is 12.6. The van der Waals surface area contributed by atoms with E-state index in [4.69, 9.17) is 4.74 Å². The van der Waals surface area contributed by atoms with Gasteiger partial charge >= 0.3 is 5.97 Å². The first-order valence-corrected chi connectivity index (χ1v) is 35.6. The SMILES string of the molecule is CCCCCCCCC/C=C\CCCCCCCCCC(=O)OCCCCCCCCCCCCCC/C=C\CCCCCCCCCCCCCCCCCCCC(=O)NC(CO)C(O)CCCCCCCCCCCC. The van der Waals surface area contributed by atoms with Crippen LogP contribution in [0, 0.1) is 0 Å². The van der Waals surface area contributed by atoms with Gasteiger partial charge in [-0.1, -0.05) is 334 Å². The highest BCUT2D eigenvalue weighted by atomic mass is 16.5. The molecule has 0 rings (SSSR count). The highest BCUT2D eigenvalue weighted by Crippen LogP contribution is 2.19. The van der Waals surface area contributed by atoms with Crippen LogP contribution >= 0.6 is 0 Å². The van der Waals surface area contributed by atoms with Gasteiger partial charge in [-0.2, -0.15) is 0 Å². The zero-order chi connectivity index (χ0) is 56.4. The number of carbonyl (C=O) groups excluding carboxylic acids is 2. The average molecular weight is 1100 g/mol. The predicted molar refractivity (Wildman–Crippen MR) is 343 cm³/mol. The summed E-state index contributed by atoms with van der Waals surface area (Å²) in [4.78, 5) is 24.5. The number of carbonyl (C=O) groups is 2. The lowest BCUT2D eigenvalue weighted by molar-refractivity contribution is -0.143. The standard InChI is InChI=1S/C72H139NO5/c1-3-5-7-9-11-13-15-16-17-18-37-40-43-46-50-54-58-62-66-72(77)78-67-63-59-55-51-47-44-41-38-35-33-31-29-27-25-23-21-19-20-22-24-26-28-30-32-34-36-39-42-45-49-53-57-61-65-71(76)73-69(68-74)70(75)64-60-56-52-48-14-12-10-8-6-4-2/h17-18,23,25,69-70,74-75H,3-16,19-22,24,26-68H2,1-2H3,(H,73,76)/b18-17-,25-23-. The molecule has 0 aromatic carbocycles. The van der Waals surface area contributed by atoms with E-state index in [1.807, 2.05) is 0 Å². The summed E-state index contributed by atoms with van der Waals surface area (Å²) in [6.07, 6.45) is 85.3. The van der Waals surface area contributed by atoms with Crippen LogP contribution < -0.4 is 5.32 Å². The van der Waals surface area contributed by atoms with Gasteiger partial charge in [-0.25, -0.2) is 0 Å². The summed E-state index contributed by atoms with van der Waals surface area (Å²) < 4.78 is 5.51. The van der Waals surface area contributed by atoms with E-state index in [0.717, 1.165) is 44.9 Å². The molecule has 0 aromatic heterocycles. The van der Waals surface area contributed by atoms with E-state index in [0.29, 0.717) is 25.9 Å². The van der Waals surface area contributed by atoms with Crippen molar-refractivity contribution in [3.63, 3.8) is 0 Å². The number of rotatable bonds is 67. The second-order valence-corrected chi connectivity index (χ2v) is 24.6. The molecule has 6 nitrogen and oxygen atoms in total. The van der Waals surface area contributed by atoms with E-state index >= 15 is 0 Å². The molecule has 0 aliphatic carbocycles. The number of unbranched alkanes of at least 4 members (excludes halogenated alkanes) is 52. The van der Waals surface area contributed by atoms with Gasteiger partial charge in [0.2, 0.25) is 5.91 Å². The maximum absolute atomic E-state index is 12.4. The number of allylic oxidation sites excluding steroid dienone is 4. The number of aliphatic hydroxyl groups excluding tert-OH is 2. The molecule has 1 amide bonds. The van der Waals surface area contributed by atoms with Gasteiger partial charge in [0.1, 0.15) is 0 Å². The zero-order valence-corrected chi connectivity index (χ0v) is 52.9. The van der Waals surface area contributed by atoms with Crippen LogP contribution in [0.15, 0.2) is 24.3 Å². The summed E-state index contributed by atoms with van der Waals surface area (Å²) >= 11 is 0. The fraction of sp³-hybridized carbons (Fsp3) is 0.917. The molecule has 0 aliphatic rings. The van der Waals surface area contributed by atoms with Gasteiger partial charge in [0.25, 0.3) is 0 Å². The molecule has 78 heavy (non-hydrogen) atoms. The van der Waals surface area contributed by atoms with Gasteiger partial charge in [0.15, 0.2) is 0 Å². The number of ether oxygens (including phenoxy) is 1. The monoisotopic (exact) mass is 1100 g/mol. The summed E-state index contributed by atoms with van der Waals surface area (Å²) in [5, 5.41) is 23.2. The van der Waals surface area contributed by atoms with Crippen molar-refractivity contribution in [2.24, 2.45) is 0 Å². The van der Waals surface area contributed by atoms with Crippen LogP contribution in [-0.2, 0) is 14.3 Å². The van der Waals surface area contributed by atoms with E-state index in [-0.39, 0.29) is 18.5 Å². The molecular formula is C72H139NO5. The van der Waals surface area contributed by atoms with Gasteiger partial charge in [0, 0.05) is 12.8 Å². The van der Waals surface area contributed by atoms with E-state index in [2.05, 4.69) is 43.5 Å². The molecule has 0 heterocycles. The smallest absolute Gasteiger partial charge is 0.305 e. The van der Waals surface area contributed by atoms with Crippen molar-refractivity contribution < 1.29 is 24.5 Å². The van der Waals surface area contributed by atoms with Crippen LogP contribution in [0.1, 0.15) is 399 Å². The van der Waals surface area contributed by atoms with E-state index < -0.39 is 12.1 Å². The Morgan fingerprint density at radius 3 is 0.910 bits per heavy atom. The number of esters is 1. The molecule has 2 unspecified atom stereocenters. The highest BCUT2D eigenvalue weighted by molar-refractivity contribution is 5.76. The Kier molecular flexibility index (Phi) is 66.4. The maximum Gasteiger partial charge on any atom is 0.305 e. The summed E-state index contributed by atoms with van der Waals surface area (Å²) in [6, 6.07) is -0.537. The number of amides is 1. The quantitative estimate of drug-likeness (QED) is 0.0320. The lowest BCUT2D eigenvalue weighted by Crippen LogP contribution is -2.45. The van der Waals surface area contributed by atoms with Crippen LogP contribution in [0.3, 0.4) is 0 Å². The molecule has 462 valence electrons. The minimum Gasteiger partial charge on any atom is -0.466 e. The molecule has 0 fully saturated rings. The van der Waals surface area contributed by atoms with E-state index in [1.165, 1.54) is 321 Å². The van der Waals surface area contributed by atoms with Gasteiger partial charge < -0.3 is 20.3 Å². The van der Waals surface area contributed by atoms with Gasteiger partial charge in [0.05, 0.1) is 25.4 Å². The lowest BCUT2D eigenvalue weighted by atomic mass is 10.0. The summed E-state index contributed by atoms with van der Waals surface area (Å²) in [6.45, 7) is 4.97. The summed E-state index contributed by atoms with van der Waals surface area (Å²) in [7, 11) is 0. The van der Waals surface area contributed by atoms with Crippen molar-refractivity contribution in [1.82, 2.24) is 5.32 Å². The summed E-state index contributed by atoms with van der Waals surface area (Å²) in [5.74, 6) is -0.0154. The molecule has 0 aliphatic heterocycles. The first-order valence-electron chi connectivity index (χ1n) is 35.6. The molecule has 0 bridgehead atoms. The van der Waals surface area contributed by atoms with Crippen molar-refractivity contribution in [3.8, 4) is 0 Å². The van der Waals surface area contributed by atoms with Crippen molar-refractivity contribution in [2.75, 3.05) is 13.2 Å². The molecule has 0 saturated carbocycles. The molecular weight excluding hydrogens is 959 g/mol. The Labute approximate surface area is 488 Å². The third-order valence-electron chi connectivity index (χ3n) is 16.7. The number of hydrogen-bond donors (Lipinski definition) is 3. The van der Waals surface area contributed by atoms with Crippen molar-refractivity contribution in [2.45, 2.75) is 411 Å². The predicted octanol–water partition coefficient (Wildman–Crippen LogP) is 22.9. The van der Waals surface area contributed by atoms with E-state index in [9.17, 15) is 19.8 Å². The Bertz CT molecular complexity index is 1220. The Morgan fingerprint density at radius 1 is 0.346 bits per heavy atom. The lowest BCUT2D eigenvalue weighted by Gasteiger charge is -2.22. The topological polar surface area (TPSA) is 95.9 Å². The average Bonchev–Trinajstić information content (AvgIpc) is 3.44. The van der Waals surface area contributed by atoms with Gasteiger partial charge in [-0.3, -0.25) is 9.59 Å². The van der Waals surface area contributed by atoms with Crippen molar-refractivity contribution >= 4 is 11.9 Å². The van der Waals surface area contributed by atoms with Crippen LogP contribution in [0.5, 0.6) is 0 Å². The molecule has 0 aromatic rings. The van der Waals surface area contributed by atoms with Crippen LogP contribution in [0.25, 0.3) is 0 Å². The fourth-order valence-corrected chi connectivity index (χ4v) is 11.3. The Hall–Kier alpha value is -1.66. The Morgan fingerprint density at radius 2 is 0.603 bits per heavy atom. The fourth-order valence-electron chi connectivity index (χ4n) is 11.3. The maximum atomic E-state index is 12.4. The van der Waals surface area contributed by atoms with Crippen molar-refractivity contribution in [3.05, 3.63) is 24.3 Å². The molecule has 6 heteroatoms. The number of hydrogen-bond acceptors (Lipinski definition) is 5. The second kappa shape index (κ2) is 67.8. The minimum absolute atomic E-state index is 0.0164. The van der Waals surface area contributed by atoms with Crippen LogP contribution in [0.2, 0.25) is 0 Å². The largest absolute Gasteiger partial charge is 0.466 e. The van der Waals surface area contributed by atoms with E-state index in [1.54, 1.807) is 0 Å². The first-order chi connectivity index (χ1) is 38.5. The summed E-state index contributed by atoms with van der Waals surface area (Å²) in [5.41, 5.74) is 0. The highest BCUT2D eigenvalue weighted by Gasteiger charge is 2.20. The molecule has 0 saturated heterocycles. The zero-order valence-electron chi connectivity index (χ0n) is 52.9. The van der Waals surface area contributed by atoms with Crippen LogP contribution in [-0.4, -0.2) is 47.4 Å². The minimum atomic E-state index is -0.660. The second-order valence-electron chi connectivity index (χ2n) is 24.6. The molecule has 2 atom stereocenters. The first kappa shape index (κ1) is 76.3.